The van der Waals surface area contributed by atoms with Crippen molar-refractivity contribution in [2.24, 2.45) is 5.41 Å². The van der Waals surface area contributed by atoms with Gasteiger partial charge in [-0.3, -0.25) is 19.6 Å². The van der Waals surface area contributed by atoms with E-state index in [1.165, 1.54) is 5.56 Å². The van der Waals surface area contributed by atoms with Crippen LogP contribution in [0.25, 0.3) is 11.3 Å². The maximum Gasteiger partial charge on any atom is 0.147 e. The maximum absolute atomic E-state index is 12.7. The monoisotopic (exact) mass is 302 g/mol. The second kappa shape index (κ2) is 3.28. The Kier molecular flexibility index (Phi) is 1.72. The number of Topliss-reactive ketones (excluding diaryl/α,β-unsaturated/α-hetero) is 2. The van der Waals surface area contributed by atoms with E-state index in [0.717, 1.165) is 16.8 Å². The van der Waals surface area contributed by atoms with Crippen LogP contribution in [-0.2, 0) is 20.4 Å². The first-order valence-electron chi connectivity index (χ1n) is 8.10. The molecule has 0 aromatic carbocycles. The molecule has 0 saturated heterocycles. The predicted octanol–water partition coefficient (Wildman–Crippen LogP) is 2.36. The van der Waals surface area contributed by atoms with Crippen LogP contribution in [0.1, 0.15) is 36.8 Å². The molecule has 3 fully saturated rings. The van der Waals surface area contributed by atoms with Crippen LogP contribution in [0.15, 0.2) is 36.8 Å². The molecule has 3 bridgehead atoms. The van der Waals surface area contributed by atoms with E-state index in [0.29, 0.717) is 25.7 Å². The highest BCUT2D eigenvalue weighted by molar-refractivity contribution is 6.15. The molecule has 0 amide bonds. The van der Waals surface area contributed by atoms with Crippen LogP contribution in [-0.4, -0.2) is 21.5 Å². The SMILES string of the molecule is O=C1CC23C[C@]14CC2(CC4=O)c1cccnc1-c1ccncc13. The van der Waals surface area contributed by atoms with Crippen LogP contribution in [0.3, 0.4) is 0 Å². The standard InChI is InChI=1S/C19H14N2O2/c22-14-6-18-9-17(14)10-19(18,7-15(17)23)13-8-20-5-3-11(13)16-12(18)2-1-4-21-16/h1-5,8H,6-7,9-10H2/t17-,18?,19?/m0/s1. The van der Waals surface area contributed by atoms with E-state index in [2.05, 4.69) is 16.0 Å². The Morgan fingerprint density at radius 3 is 2.43 bits per heavy atom. The summed E-state index contributed by atoms with van der Waals surface area (Å²) in [5.41, 5.74) is 3.12. The lowest BCUT2D eigenvalue weighted by molar-refractivity contribution is -0.136. The second-order valence-corrected chi connectivity index (χ2v) is 7.62. The van der Waals surface area contributed by atoms with Crippen LogP contribution >= 0.6 is 0 Å². The zero-order chi connectivity index (χ0) is 15.4. The first-order chi connectivity index (χ1) is 11.1. The molecule has 2 unspecified atom stereocenters. The van der Waals surface area contributed by atoms with Gasteiger partial charge in [-0.05, 0) is 36.1 Å². The third-order valence-corrected chi connectivity index (χ3v) is 7.03. The predicted molar refractivity (Wildman–Crippen MR) is 81.7 cm³/mol. The zero-order valence-electron chi connectivity index (χ0n) is 12.5. The molecule has 0 N–H and O–H groups in total. The van der Waals surface area contributed by atoms with E-state index in [4.69, 9.17) is 0 Å². The summed E-state index contributed by atoms with van der Waals surface area (Å²) in [4.78, 5) is 34.4. The van der Waals surface area contributed by atoms with Gasteiger partial charge >= 0.3 is 0 Å². The molecule has 4 aliphatic carbocycles. The molecule has 2 aromatic heterocycles. The number of rotatable bonds is 0. The van der Waals surface area contributed by atoms with E-state index in [1.807, 2.05) is 24.5 Å². The Balaban J connectivity index is 1.80. The summed E-state index contributed by atoms with van der Waals surface area (Å²) in [5.74, 6) is 0.301. The van der Waals surface area contributed by atoms with Crippen molar-refractivity contribution in [3.63, 3.8) is 0 Å². The molecule has 112 valence electrons. The highest BCUT2D eigenvalue weighted by Gasteiger charge is 2.80. The van der Waals surface area contributed by atoms with Gasteiger partial charge in [0.05, 0.1) is 11.1 Å². The number of carbonyl (C=O) groups excluding carboxylic acids is 2. The highest BCUT2D eigenvalue weighted by Crippen LogP contribution is 2.77. The number of aromatic nitrogens is 2. The third kappa shape index (κ3) is 0.988. The van der Waals surface area contributed by atoms with Crippen molar-refractivity contribution in [2.75, 3.05) is 0 Å². The summed E-state index contributed by atoms with van der Waals surface area (Å²) >= 11 is 0. The van der Waals surface area contributed by atoms with E-state index < -0.39 is 5.41 Å². The summed E-state index contributed by atoms with van der Waals surface area (Å²) in [7, 11) is 0. The smallest absolute Gasteiger partial charge is 0.147 e. The number of carbonyl (C=O) groups is 2. The molecule has 3 atom stereocenters. The Bertz CT molecular complexity index is 872. The topological polar surface area (TPSA) is 59.9 Å². The number of hydrogen-bond acceptors (Lipinski definition) is 4. The summed E-state index contributed by atoms with van der Waals surface area (Å²) in [6.45, 7) is 0. The van der Waals surface area contributed by atoms with Gasteiger partial charge in [0.25, 0.3) is 0 Å². The fraction of sp³-hybridized carbons (Fsp3) is 0.368. The molecule has 3 saturated carbocycles. The third-order valence-electron chi connectivity index (χ3n) is 7.03. The van der Waals surface area contributed by atoms with E-state index >= 15 is 0 Å². The number of ketones is 2. The maximum atomic E-state index is 12.7. The summed E-state index contributed by atoms with van der Waals surface area (Å²) in [6, 6.07) is 6.08. The van der Waals surface area contributed by atoms with Crippen molar-refractivity contribution < 1.29 is 9.59 Å². The number of fused-ring (bicyclic) bond motifs is 3. The Morgan fingerprint density at radius 1 is 0.913 bits per heavy atom. The molecule has 2 heterocycles. The molecular formula is C19H14N2O2. The van der Waals surface area contributed by atoms with Gasteiger partial charge in [0.1, 0.15) is 11.6 Å². The number of nitrogens with zero attached hydrogens (tertiary/aromatic N) is 2. The number of pyridine rings is 2. The van der Waals surface area contributed by atoms with Crippen molar-refractivity contribution >= 4 is 11.6 Å². The van der Waals surface area contributed by atoms with Crippen molar-refractivity contribution in [1.29, 1.82) is 0 Å². The van der Waals surface area contributed by atoms with Crippen molar-refractivity contribution in [3.05, 3.63) is 47.9 Å². The van der Waals surface area contributed by atoms with Gasteiger partial charge in [0, 0.05) is 47.8 Å². The Hall–Kier alpha value is -2.36. The van der Waals surface area contributed by atoms with E-state index in [-0.39, 0.29) is 22.4 Å². The summed E-state index contributed by atoms with van der Waals surface area (Å²) < 4.78 is 0. The molecule has 0 radical (unpaired) electrons. The van der Waals surface area contributed by atoms with Crippen LogP contribution in [0.4, 0.5) is 0 Å². The summed E-state index contributed by atoms with van der Waals surface area (Å²) in [5, 5.41) is 0. The molecule has 6 rings (SSSR count). The first-order valence-corrected chi connectivity index (χ1v) is 8.10. The van der Waals surface area contributed by atoms with Crippen LogP contribution in [0.2, 0.25) is 0 Å². The molecule has 3 spiro atoms. The van der Waals surface area contributed by atoms with E-state index in [1.54, 1.807) is 6.20 Å². The van der Waals surface area contributed by atoms with Gasteiger partial charge in [0.15, 0.2) is 0 Å². The average molecular weight is 302 g/mol. The minimum atomic E-state index is -0.732. The average Bonchev–Trinajstić information content (AvgIpc) is 3.14. The Morgan fingerprint density at radius 2 is 1.65 bits per heavy atom. The largest absolute Gasteiger partial charge is 0.299 e. The van der Waals surface area contributed by atoms with Crippen molar-refractivity contribution in [1.82, 2.24) is 9.97 Å². The zero-order valence-corrected chi connectivity index (χ0v) is 12.5. The van der Waals surface area contributed by atoms with Gasteiger partial charge in [0.2, 0.25) is 0 Å². The number of hydrogen-bond donors (Lipinski definition) is 0. The molecule has 2 aromatic rings. The van der Waals surface area contributed by atoms with Gasteiger partial charge in [-0.15, -0.1) is 0 Å². The van der Waals surface area contributed by atoms with Gasteiger partial charge in [-0.2, -0.15) is 0 Å². The minimum Gasteiger partial charge on any atom is -0.299 e. The van der Waals surface area contributed by atoms with Crippen LogP contribution in [0, 0.1) is 5.41 Å². The fourth-order valence-corrected chi connectivity index (χ4v) is 6.22. The lowest BCUT2D eigenvalue weighted by Gasteiger charge is -2.49. The van der Waals surface area contributed by atoms with Gasteiger partial charge in [-0.25, -0.2) is 0 Å². The van der Waals surface area contributed by atoms with Crippen molar-refractivity contribution in [3.8, 4) is 11.3 Å². The highest BCUT2D eigenvalue weighted by atomic mass is 16.2. The van der Waals surface area contributed by atoms with Gasteiger partial charge < -0.3 is 0 Å². The van der Waals surface area contributed by atoms with Crippen molar-refractivity contribution in [2.45, 2.75) is 36.5 Å². The first kappa shape index (κ1) is 12.1. The van der Waals surface area contributed by atoms with E-state index in [9.17, 15) is 9.59 Å². The van der Waals surface area contributed by atoms with Crippen LogP contribution < -0.4 is 0 Å². The molecule has 4 nitrogen and oxygen atoms in total. The molecular weight excluding hydrogens is 288 g/mol. The lowest BCUT2D eigenvalue weighted by atomic mass is 9.52. The fourth-order valence-electron chi connectivity index (χ4n) is 6.22. The Labute approximate surface area is 133 Å². The molecule has 0 aliphatic heterocycles. The second-order valence-electron chi connectivity index (χ2n) is 7.62. The lowest BCUT2D eigenvalue weighted by Crippen LogP contribution is -2.48. The normalized spacial score (nSPS) is 38.4. The minimum absolute atomic E-state index is 0.151. The molecule has 23 heavy (non-hydrogen) atoms. The van der Waals surface area contributed by atoms with Crippen LogP contribution in [0.5, 0.6) is 0 Å². The molecule has 4 heteroatoms. The summed E-state index contributed by atoms with van der Waals surface area (Å²) in [6.07, 6.45) is 7.80. The van der Waals surface area contributed by atoms with Gasteiger partial charge in [-0.1, -0.05) is 6.07 Å². The molecule has 4 aliphatic rings. The quantitative estimate of drug-likeness (QED) is 0.701.